The minimum absolute atomic E-state index is 0.524. The number of rotatable bonds is 3. The predicted octanol–water partition coefficient (Wildman–Crippen LogP) is 2.27. The molecule has 0 unspecified atom stereocenters. The standard InChI is InChI=1S/C9H10BrNO2/c1-13-8-4-2-7(3-5-8)9(6-10)11-12/h2-5,12H,6H2,1H3. The van der Waals surface area contributed by atoms with E-state index in [1.54, 1.807) is 7.11 Å². The SMILES string of the molecule is COc1ccc(C(CBr)=NO)cc1. The number of hydrogen-bond acceptors (Lipinski definition) is 3. The molecule has 0 aromatic heterocycles. The Balaban J connectivity index is 2.91. The van der Waals surface area contributed by atoms with E-state index in [1.165, 1.54) is 0 Å². The van der Waals surface area contributed by atoms with Gasteiger partial charge in [-0.3, -0.25) is 0 Å². The van der Waals surface area contributed by atoms with Crippen LogP contribution in [0, 0.1) is 0 Å². The summed E-state index contributed by atoms with van der Waals surface area (Å²) in [6, 6.07) is 7.33. The maximum atomic E-state index is 8.63. The number of hydrogen-bond donors (Lipinski definition) is 1. The van der Waals surface area contributed by atoms with Crippen LogP contribution < -0.4 is 4.74 Å². The van der Waals surface area contributed by atoms with Crippen molar-refractivity contribution in [3.8, 4) is 5.75 Å². The summed E-state index contributed by atoms with van der Waals surface area (Å²) in [5.74, 6) is 0.788. The molecule has 0 fully saturated rings. The molecule has 0 heterocycles. The molecule has 0 aliphatic carbocycles. The van der Waals surface area contributed by atoms with E-state index < -0.39 is 0 Å². The zero-order chi connectivity index (χ0) is 9.68. The summed E-state index contributed by atoms with van der Waals surface area (Å²) < 4.78 is 5.00. The molecule has 1 N–H and O–H groups in total. The van der Waals surface area contributed by atoms with Crippen molar-refractivity contribution in [1.82, 2.24) is 0 Å². The van der Waals surface area contributed by atoms with Crippen LogP contribution in [0.1, 0.15) is 5.56 Å². The van der Waals surface area contributed by atoms with Crippen LogP contribution in [-0.4, -0.2) is 23.4 Å². The van der Waals surface area contributed by atoms with Gasteiger partial charge >= 0.3 is 0 Å². The van der Waals surface area contributed by atoms with Crippen LogP contribution in [0.2, 0.25) is 0 Å². The molecule has 0 aliphatic heterocycles. The second kappa shape index (κ2) is 4.87. The molecule has 1 aromatic carbocycles. The van der Waals surface area contributed by atoms with Crippen LogP contribution in [0.3, 0.4) is 0 Å². The molecule has 13 heavy (non-hydrogen) atoms. The van der Waals surface area contributed by atoms with Crippen LogP contribution in [0.25, 0.3) is 0 Å². The van der Waals surface area contributed by atoms with Gasteiger partial charge in [0.25, 0.3) is 0 Å². The van der Waals surface area contributed by atoms with E-state index in [0.717, 1.165) is 11.3 Å². The Labute approximate surface area is 85.2 Å². The number of halogens is 1. The topological polar surface area (TPSA) is 41.8 Å². The molecule has 3 nitrogen and oxygen atoms in total. The normalized spacial score (nSPS) is 11.4. The lowest BCUT2D eigenvalue weighted by Crippen LogP contribution is -2.01. The van der Waals surface area contributed by atoms with E-state index >= 15 is 0 Å². The lowest BCUT2D eigenvalue weighted by Gasteiger charge is -2.02. The second-order valence-corrected chi connectivity index (χ2v) is 2.97. The average molecular weight is 244 g/mol. The first-order valence-electron chi connectivity index (χ1n) is 3.73. The van der Waals surface area contributed by atoms with Gasteiger partial charge in [-0.15, -0.1) is 0 Å². The number of ether oxygens (including phenoxy) is 1. The summed E-state index contributed by atoms with van der Waals surface area (Å²) in [6.07, 6.45) is 0. The van der Waals surface area contributed by atoms with Gasteiger partial charge in [-0.25, -0.2) is 0 Å². The number of methoxy groups -OCH3 is 1. The molecule has 4 heteroatoms. The molecule has 0 aliphatic rings. The zero-order valence-electron chi connectivity index (χ0n) is 7.20. The first-order chi connectivity index (χ1) is 6.31. The first kappa shape index (κ1) is 10.1. The van der Waals surface area contributed by atoms with Crippen molar-refractivity contribution in [3.63, 3.8) is 0 Å². The maximum absolute atomic E-state index is 8.63. The predicted molar refractivity (Wildman–Crippen MR) is 55.1 cm³/mol. The van der Waals surface area contributed by atoms with Crippen molar-refractivity contribution >= 4 is 21.6 Å². The Kier molecular flexibility index (Phi) is 3.76. The van der Waals surface area contributed by atoms with Crippen molar-refractivity contribution in [3.05, 3.63) is 29.8 Å². The van der Waals surface area contributed by atoms with Crippen LogP contribution in [-0.2, 0) is 0 Å². The zero-order valence-corrected chi connectivity index (χ0v) is 8.78. The second-order valence-electron chi connectivity index (χ2n) is 2.41. The fourth-order valence-electron chi connectivity index (χ4n) is 0.945. The van der Waals surface area contributed by atoms with Crippen LogP contribution in [0.5, 0.6) is 5.75 Å². The highest BCUT2D eigenvalue weighted by Gasteiger charge is 2.01. The molecule has 0 amide bonds. The van der Waals surface area contributed by atoms with Crippen LogP contribution >= 0.6 is 15.9 Å². The molecule has 0 saturated carbocycles. The maximum Gasteiger partial charge on any atom is 0.118 e. The highest BCUT2D eigenvalue weighted by molar-refractivity contribution is 9.09. The average Bonchev–Trinajstić information content (AvgIpc) is 2.21. The number of alkyl halides is 1. The summed E-state index contributed by atoms with van der Waals surface area (Å²) in [7, 11) is 1.61. The van der Waals surface area contributed by atoms with Gasteiger partial charge in [0, 0.05) is 10.9 Å². The number of oxime groups is 1. The van der Waals surface area contributed by atoms with Gasteiger partial charge in [-0.2, -0.15) is 0 Å². The van der Waals surface area contributed by atoms with E-state index in [1.807, 2.05) is 24.3 Å². The summed E-state index contributed by atoms with van der Waals surface area (Å²) in [6.45, 7) is 0. The van der Waals surface area contributed by atoms with Gasteiger partial charge in [-0.05, 0) is 24.3 Å². The van der Waals surface area contributed by atoms with Crippen molar-refractivity contribution in [1.29, 1.82) is 0 Å². The van der Waals surface area contributed by atoms with E-state index in [0.29, 0.717) is 11.0 Å². The van der Waals surface area contributed by atoms with Crippen LogP contribution in [0.4, 0.5) is 0 Å². The Morgan fingerprint density at radius 2 is 2.08 bits per heavy atom. The molecule has 0 bridgehead atoms. The lowest BCUT2D eigenvalue weighted by atomic mass is 10.1. The van der Waals surface area contributed by atoms with E-state index in [-0.39, 0.29) is 0 Å². The Morgan fingerprint density at radius 3 is 2.46 bits per heavy atom. The van der Waals surface area contributed by atoms with Crippen LogP contribution in [0.15, 0.2) is 29.4 Å². The third kappa shape index (κ3) is 2.45. The van der Waals surface area contributed by atoms with Crippen molar-refractivity contribution in [2.75, 3.05) is 12.4 Å². The molecule has 0 atom stereocenters. The third-order valence-corrected chi connectivity index (χ3v) is 2.20. The minimum atomic E-state index is 0.524. The summed E-state index contributed by atoms with van der Waals surface area (Å²) >= 11 is 3.23. The molecular weight excluding hydrogens is 234 g/mol. The summed E-state index contributed by atoms with van der Waals surface area (Å²) in [5.41, 5.74) is 1.47. The Hall–Kier alpha value is -1.03. The number of nitrogens with zero attached hydrogens (tertiary/aromatic N) is 1. The molecule has 1 rings (SSSR count). The minimum Gasteiger partial charge on any atom is -0.497 e. The summed E-state index contributed by atoms with van der Waals surface area (Å²) in [4.78, 5) is 0. The van der Waals surface area contributed by atoms with Gasteiger partial charge in [0.1, 0.15) is 5.75 Å². The molecule has 0 saturated heterocycles. The molecular formula is C9H10BrNO2. The van der Waals surface area contributed by atoms with Gasteiger partial charge in [0.05, 0.1) is 12.8 Å². The quantitative estimate of drug-likeness (QED) is 0.383. The highest BCUT2D eigenvalue weighted by atomic mass is 79.9. The lowest BCUT2D eigenvalue weighted by molar-refractivity contribution is 0.319. The third-order valence-electron chi connectivity index (χ3n) is 1.67. The monoisotopic (exact) mass is 243 g/mol. The first-order valence-corrected chi connectivity index (χ1v) is 4.85. The van der Waals surface area contributed by atoms with Gasteiger partial charge in [0.2, 0.25) is 0 Å². The fourth-order valence-corrected chi connectivity index (χ4v) is 1.38. The largest absolute Gasteiger partial charge is 0.497 e. The molecule has 0 spiro atoms. The van der Waals surface area contributed by atoms with E-state index in [9.17, 15) is 0 Å². The molecule has 0 radical (unpaired) electrons. The van der Waals surface area contributed by atoms with Gasteiger partial charge in [-0.1, -0.05) is 21.1 Å². The van der Waals surface area contributed by atoms with Crippen molar-refractivity contribution in [2.24, 2.45) is 5.16 Å². The molecule has 70 valence electrons. The molecule has 1 aromatic rings. The van der Waals surface area contributed by atoms with Crippen molar-refractivity contribution < 1.29 is 9.94 Å². The van der Waals surface area contributed by atoms with Gasteiger partial charge < -0.3 is 9.94 Å². The Bertz CT molecular complexity index is 295. The van der Waals surface area contributed by atoms with E-state index in [2.05, 4.69) is 21.1 Å². The number of benzene rings is 1. The Morgan fingerprint density at radius 1 is 1.46 bits per heavy atom. The fraction of sp³-hybridized carbons (Fsp3) is 0.222. The summed E-state index contributed by atoms with van der Waals surface area (Å²) in [5, 5.41) is 12.3. The van der Waals surface area contributed by atoms with Gasteiger partial charge in [0.15, 0.2) is 0 Å². The van der Waals surface area contributed by atoms with E-state index in [4.69, 9.17) is 9.94 Å². The smallest absolute Gasteiger partial charge is 0.118 e. The highest BCUT2D eigenvalue weighted by Crippen LogP contribution is 2.12. The van der Waals surface area contributed by atoms with Crippen molar-refractivity contribution in [2.45, 2.75) is 0 Å².